The van der Waals surface area contributed by atoms with E-state index in [2.05, 4.69) is 0 Å². The molecule has 0 aromatic heterocycles. The van der Waals surface area contributed by atoms with Gasteiger partial charge in [-0.1, -0.05) is 24.1 Å². The van der Waals surface area contributed by atoms with Gasteiger partial charge in [0.2, 0.25) is 11.8 Å². The van der Waals surface area contributed by atoms with E-state index in [9.17, 15) is 9.59 Å². The Morgan fingerprint density at radius 2 is 1.96 bits per heavy atom. The van der Waals surface area contributed by atoms with Crippen LogP contribution in [0.5, 0.6) is 0 Å². The van der Waals surface area contributed by atoms with E-state index in [1.807, 2.05) is 38.1 Å². The third-order valence-electron chi connectivity index (χ3n) is 5.38. The van der Waals surface area contributed by atoms with Crippen LogP contribution in [0.1, 0.15) is 31.7 Å². The Bertz CT molecular complexity index is 622. The van der Waals surface area contributed by atoms with Gasteiger partial charge in [-0.15, -0.1) is 0 Å². The monoisotopic (exact) mass is 330 g/mol. The van der Waals surface area contributed by atoms with Crippen LogP contribution in [-0.4, -0.2) is 49.6 Å². The van der Waals surface area contributed by atoms with E-state index in [0.29, 0.717) is 13.2 Å². The lowest BCUT2D eigenvalue weighted by atomic mass is 9.68. The van der Waals surface area contributed by atoms with Crippen LogP contribution in [-0.2, 0) is 14.3 Å². The van der Waals surface area contributed by atoms with Crippen LogP contribution >= 0.6 is 0 Å². The molecule has 5 heteroatoms. The lowest BCUT2D eigenvalue weighted by Crippen LogP contribution is -2.61. The molecule has 0 spiro atoms. The largest absolute Gasteiger partial charge is 0.384 e. The number of amides is 2. The van der Waals surface area contributed by atoms with E-state index in [1.165, 1.54) is 5.56 Å². The number of carbonyl (C=O) groups is 2. The average molecular weight is 330 g/mol. The van der Waals surface area contributed by atoms with Crippen molar-refractivity contribution in [3.63, 3.8) is 0 Å². The van der Waals surface area contributed by atoms with Crippen molar-refractivity contribution in [2.24, 2.45) is 5.41 Å². The summed E-state index contributed by atoms with van der Waals surface area (Å²) in [5, 5.41) is 0. The number of benzene rings is 1. The number of carbonyl (C=O) groups excluding carboxylic acids is 2. The average Bonchev–Trinajstić information content (AvgIpc) is 2.53. The molecule has 1 atom stereocenters. The zero-order valence-corrected chi connectivity index (χ0v) is 14.7. The van der Waals surface area contributed by atoms with Crippen LogP contribution in [0.4, 0.5) is 5.69 Å². The summed E-state index contributed by atoms with van der Waals surface area (Å²) in [4.78, 5) is 29.2. The van der Waals surface area contributed by atoms with Gasteiger partial charge in [-0.25, -0.2) is 0 Å². The van der Waals surface area contributed by atoms with Crippen molar-refractivity contribution in [3.8, 4) is 0 Å². The lowest BCUT2D eigenvalue weighted by Gasteiger charge is -2.47. The van der Waals surface area contributed by atoms with Crippen molar-refractivity contribution >= 4 is 17.5 Å². The first-order valence-electron chi connectivity index (χ1n) is 8.64. The minimum atomic E-state index is -0.407. The Balaban J connectivity index is 1.74. The van der Waals surface area contributed by atoms with E-state index >= 15 is 0 Å². The molecule has 24 heavy (non-hydrogen) atoms. The molecule has 3 rings (SSSR count). The molecule has 2 aliphatic rings. The van der Waals surface area contributed by atoms with Gasteiger partial charge in [-0.3, -0.25) is 9.59 Å². The Morgan fingerprint density at radius 1 is 1.29 bits per heavy atom. The third-order valence-corrected chi connectivity index (χ3v) is 5.38. The summed E-state index contributed by atoms with van der Waals surface area (Å²) in [5.74, 6) is 0.0669. The Hall–Kier alpha value is -1.88. The standard InChI is InChI=1S/C19H26N2O3/c1-14-5-7-16(8-6-14)21-11-15(2)20(12-17(21)22)18(23)19(13-24-3)9-4-10-19/h5-8,15H,4,9-13H2,1-3H3/t15-/m1/s1. The number of hydrogen-bond acceptors (Lipinski definition) is 3. The Morgan fingerprint density at radius 3 is 2.50 bits per heavy atom. The zero-order chi connectivity index (χ0) is 17.3. The number of anilines is 1. The molecular formula is C19H26N2O3. The van der Waals surface area contributed by atoms with Gasteiger partial charge >= 0.3 is 0 Å². The van der Waals surface area contributed by atoms with Crippen LogP contribution in [0.2, 0.25) is 0 Å². The fourth-order valence-electron chi connectivity index (χ4n) is 3.70. The molecule has 0 unspecified atom stereocenters. The predicted octanol–water partition coefficient (Wildman–Crippen LogP) is 2.38. The van der Waals surface area contributed by atoms with Crippen LogP contribution < -0.4 is 4.90 Å². The SMILES string of the molecule is COCC1(C(=O)N2CC(=O)N(c3ccc(C)cc3)C[C@H]2C)CCC1. The molecule has 1 aliphatic carbocycles. The molecule has 0 N–H and O–H groups in total. The molecule has 1 saturated heterocycles. The van der Waals surface area contributed by atoms with E-state index in [-0.39, 0.29) is 24.4 Å². The minimum absolute atomic E-state index is 0.00540. The van der Waals surface area contributed by atoms with E-state index in [4.69, 9.17) is 4.74 Å². The fourth-order valence-corrected chi connectivity index (χ4v) is 3.70. The summed E-state index contributed by atoms with van der Waals surface area (Å²) in [7, 11) is 1.64. The predicted molar refractivity (Wildman–Crippen MR) is 92.9 cm³/mol. The van der Waals surface area contributed by atoms with Crippen LogP contribution in [0.15, 0.2) is 24.3 Å². The number of hydrogen-bond donors (Lipinski definition) is 0. The van der Waals surface area contributed by atoms with Crippen molar-refractivity contribution in [2.75, 3.05) is 31.7 Å². The number of aryl methyl sites for hydroxylation is 1. The maximum Gasteiger partial charge on any atom is 0.246 e. The Kier molecular flexibility index (Phi) is 4.63. The topological polar surface area (TPSA) is 49.9 Å². The van der Waals surface area contributed by atoms with Gasteiger partial charge in [0.15, 0.2) is 0 Å². The highest BCUT2D eigenvalue weighted by Gasteiger charge is 2.48. The molecule has 1 aliphatic heterocycles. The highest BCUT2D eigenvalue weighted by molar-refractivity contribution is 5.99. The van der Waals surface area contributed by atoms with Gasteiger partial charge in [0, 0.05) is 25.4 Å². The summed E-state index contributed by atoms with van der Waals surface area (Å²) < 4.78 is 5.28. The maximum absolute atomic E-state index is 13.0. The van der Waals surface area contributed by atoms with E-state index in [0.717, 1.165) is 24.9 Å². The van der Waals surface area contributed by atoms with E-state index < -0.39 is 5.41 Å². The maximum atomic E-state index is 13.0. The second-order valence-corrected chi connectivity index (χ2v) is 7.19. The molecule has 0 bridgehead atoms. The van der Waals surface area contributed by atoms with Gasteiger partial charge in [-0.05, 0) is 38.8 Å². The third kappa shape index (κ3) is 2.93. The molecule has 1 aromatic carbocycles. The summed E-state index contributed by atoms with van der Waals surface area (Å²) >= 11 is 0. The number of rotatable bonds is 4. The van der Waals surface area contributed by atoms with Gasteiger partial charge < -0.3 is 14.5 Å². The minimum Gasteiger partial charge on any atom is -0.384 e. The summed E-state index contributed by atoms with van der Waals surface area (Å²) in [6, 6.07) is 7.95. The number of ether oxygens (including phenoxy) is 1. The molecule has 5 nitrogen and oxygen atoms in total. The van der Waals surface area contributed by atoms with Crippen molar-refractivity contribution < 1.29 is 14.3 Å². The van der Waals surface area contributed by atoms with Crippen LogP contribution in [0.3, 0.4) is 0 Å². The highest BCUT2D eigenvalue weighted by atomic mass is 16.5. The highest BCUT2D eigenvalue weighted by Crippen LogP contribution is 2.43. The second kappa shape index (κ2) is 6.55. The van der Waals surface area contributed by atoms with Crippen molar-refractivity contribution in [2.45, 2.75) is 39.2 Å². The molecule has 1 saturated carbocycles. The summed E-state index contributed by atoms with van der Waals surface area (Å²) in [5.41, 5.74) is 1.66. The van der Waals surface area contributed by atoms with Gasteiger partial charge in [0.25, 0.3) is 0 Å². The molecule has 1 heterocycles. The van der Waals surface area contributed by atoms with Gasteiger partial charge in [0.1, 0.15) is 6.54 Å². The lowest BCUT2D eigenvalue weighted by molar-refractivity contribution is -0.157. The van der Waals surface area contributed by atoms with Crippen molar-refractivity contribution in [1.82, 2.24) is 4.90 Å². The quantitative estimate of drug-likeness (QED) is 0.852. The van der Waals surface area contributed by atoms with Crippen LogP contribution in [0.25, 0.3) is 0 Å². The first kappa shape index (κ1) is 17.0. The normalized spacial score (nSPS) is 23.1. The second-order valence-electron chi connectivity index (χ2n) is 7.19. The summed E-state index contributed by atoms with van der Waals surface area (Å²) in [6.45, 7) is 5.18. The Labute approximate surface area is 143 Å². The molecule has 0 radical (unpaired) electrons. The first-order chi connectivity index (χ1) is 11.5. The number of piperazine rings is 1. The first-order valence-corrected chi connectivity index (χ1v) is 8.64. The molecule has 1 aromatic rings. The van der Waals surface area contributed by atoms with Gasteiger partial charge in [0.05, 0.1) is 12.0 Å². The summed E-state index contributed by atoms with van der Waals surface area (Å²) in [6.07, 6.45) is 2.78. The molecular weight excluding hydrogens is 304 g/mol. The molecule has 2 fully saturated rings. The zero-order valence-electron chi connectivity index (χ0n) is 14.7. The van der Waals surface area contributed by atoms with E-state index in [1.54, 1.807) is 16.9 Å². The molecule has 2 amide bonds. The smallest absolute Gasteiger partial charge is 0.246 e. The van der Waals surface area contributed by atoms with Crippen molar-refractivity contribution in [1.29, 1.82) is 0 Å². The van der Waals surface area contributed by atoms with Crippen molar-refractivity contribution in [3.05, 3.63) is 29.8 Å². The molecule has 130 valence electrons. The van der Waals surface area contributed by atoms with Gasteiger partial charge in [-0.2, -0.15) is 0 Å². The number of methoxy groups -OCH3 is 1. The fraction of sp³-hybridized carbons (Fsp3) is 0.579. The number of nitrogens with zero attached hydrogens (tertiary/aromatic N) is 2. The van der Waals surface area contributed by atoms with Crippen LogP contribution in [0, 0.1) is 12.3 Å².